The summed E-state index contributed by atoms with van der Waals surface area (Å²) < 4.78 is 0. The van der Waals surface area contributed by atoms with E-state index in [0.717, 1.165) is 41.9 Å². The SMILES string of the molecule is CCC1=C(\c2ccccc2)CC/C(C)=C(c2ccccc2)/N=C\1c1cccc2c1-c1ccccc1C21c2ccccc2N(c2ccccc2)c2ccccc21. The van der Waals surface area contributed by atoms with Crippen LogP contribution in [0, 0.1) is 0 Å². The molecule has 1 spiro atoms. The highest BCUT2D eigenvalue weighted by atomic mass is 15.2. The fraction of sp³-hybridized carbons (Fsp3) is 0.113. The van der Waals surface area contributed by atoms with Crippen LogP contribution in [0.25, 0.3) is 22.4 Å². The Labute approximate surface area is 324 Å². The van der Waals surface area contributed by atoms with E-state index in [9.17, 15) is 0 Å². The van der Waals surface area contributed by atoms with Gasteiger partial charge < -0.3 is 4.90 Å². The highest BCUT2D eigenvalue weighted by Crippen LogP contribution is 2.64. The van der Waals surface area contributed by atoms with Crippen molar-refractivity contribution in [3.8, 4) is 11.1 Å². The molecule has 0 atom stereocenters. The van der Waals surface area contributed by atoms with E-state index >= 15 is 0 Å². The van der Waals surface area contributed by atoms with Crippen molar-refractivity contribution < 1.29 is 0 Å². The summed E-state index contributed by atoms with van der Waals surface area (Å²) in [5.41, 5.74) is 20.6. The summed E-state index contributed by atoms with van der Waals surface area (Å²) in [5.74, 6) is 0. The molecule has 2 aliphatic heterocycles. The van der Waals surface area contributed by atoms with Crippen molar-refractivity contribution in [1.82, 2.24) is 0 Å². The summed E-state index contributed by atoms with van der Waals surface area (Å²) in [5, 5.41) is 0. The molecule has 0 saturated heterocycles. The van der Waals surface area contributed by atoms with Gasteiger partial charge in [0.1, 0.15) is 0 Å². The quantitative estimate of drug-likeness (QED) is 0.174. The molecule has 1 aliphatic carbocycles. The molecule has 55 heavy (non-hydrogen) atoms. The lowest BCUT2D eigenvalue weighted by molar-refractivity contribution is 0.752. The smallest absolute Gasteiger partial charge is 0.0754 e. The Morgan fingerprint density at radius 3 is 1.69 bits per heavy atom. The number of allylic oxidation sites excluding steroid dienone is 3. The zero-order valence-electron chi connectivity index (χ0n) is 31.3. The summed E-state index contributed by atoms with van der Waals surface area (Å²) in [6, 6.07) is 66.8. The Hall–Kier alpha value is -6.51. The molecule has 2 nitrogen and oxygen atoms in total. The molecule has 10 rings (SSSR count). The van der Waals surface area contributed by atoms with Gasteiger partial charge in [0.2, 0.25) is 0 Å². The number of hydrogen-bond acceptors (Lipinski definition) is 2. The first-order valence-electron chi connectivity index (χ1n) is 19.6. The van der Waals surface area contributed by atoms with Crippen LogP contribution >= 0.6 is 0 Å². The number of benzene rings is 7. The summed E-state index contributed by atoms with van der Waals surface area (Å²) >= 11 is 0. The second kappa shape index (κ2) is 13.4. The average molecular weight is 707 g/mol. The van der Waals surface area contributed by atoms with Gasteiger partial charge >= 0.3 is 0 Å². The second-order valence-corrected chi connectivity index (χ2v) is 14.9. The lowest BCUT2D eigenvalue weighted by Gasteiger charge is -2.45. The number of para-hydroxylation sites is 3. The maximum Gasteiger partial charge on any atom is 0.0754 e. The van der Waals surface area contributed by atoms with Gasteiger partial charge in [-0.3, -0.25) is 0 Å². The van der Waals surface area contributed by atoms with E-state index in [0.29, 0.717) is 0 Å². The van der Waals surface area contributed by atoms with E-state index in [1.807, 2.05) is 0 Å². The van der Waals surface area contributed by atoms with E-state index in [1.54, 1.807) is 0 Å². The van der Waals surface area contributed by atoms with Crippen LogP contribution in [0.5, 0.6) is 0 Å². The molecule has 7 aromatic carbocycles. The predicted molar refractivity (Wildman–Crippen MR) is 230 cm³/mol. The molecule has 2 heteroatoms. The molecule has 264 valence electrons. The van der Waals surface area contributed by atoms with Crippen LogP contribution in [0.15, 0.2) is 198 Å². The van der Waals surface area contributed by atoms with Gasteiger partial charge in [-0.1, -0.05) is 165 Å². The third-order valence-electron chi connectivity index (χ3n) is 12.0. The number of rotatable bonds is 5. The molecule has 2 heterocycles. The first-order valence-corrected chi connectivity index (χ1v) is 19.6. The number of aliphatic imine (C=N–C) groups is 1. The molecule has 7 aromatic rings. The summed E-state index contributed by atoms with van der Waals surface area (Å²) in [6.07, 6.45) is 2.79. The van der Waals surface area contributed by atoms with Crippen molar-refractivity contribution in [2.24, 2.45) is 4.99 Å². The highest BCUT2D eigenvalue weighted by Gasteiger charge is 2.52. The third-order valence-corrected chi connectivity index (χ3v) is 12.0. The molecule has 0 saturated carbocycles. The van der Waals surface area contributed by atoms with Crippen LogP contribution in [0.1, 0.15) is 72.1 Å². The monoisotopic (exact) mass is 706 g/mol. The molecule has 3 aliphatic rings. The van der Waals surface area contributed by atoms with Crippen molar-refractivity contribution >= 4 is 34.0 Å². The summed E-state index contributed by atoms with van der Waals surface area (Å²) in [4.78, 5) is 8.29. The topological polar surface area (TPSA) is 15.6 Å². The van der Waals surface area contributed by atoms with Crippen molar-refractivity contribution in [3.05, 3.63) is 232 Å². The lowest BCUT2D eigenvalue weighted by atomic mass is 9.64. The van der Waals surface area contributed by atoms with Gasteiger partial charge in [0.25, 0.3) is 0 Å². The lowest BCUT2D eigenvalue weighted by Crippen LogP contribution is -2.36. The molecule has 0 fully saturated rings. The van der Waals surface area contributed by atoms with Crippen molar-refractivity contribution in [2.45, 2.75) is 38.5 Å². The largest absolute Gasteiger partial charge is 0.310 e. The molecular formula is C53H42N2. The number of fused-ring (bicyclic) bond motifs is 9. The first-order chi connectivity index (χ1) is 27.2. The summed E-state index contributed by atoms with van der Waals surface area (Å²) in [7, 11) is 0. The third kappa shape index (κ3) is 5.05. The zero-order valence-corrected chi connectivity index (χ0v) is 31.3. The van der Waals surface area contributed by atoms with Gasteiger partial charge in [-0.25, -0.2) is 4.99 Å². The molecule has 0 unspecified atom stereocenters. The normalized spacial score (nSPS) is 19.0. The Morgan fingerprint density at radius 2 is 1.04 bits per heavy atom. The zero-order chi connectivity index (χ0) is 36.9. The van der Waals surface area contributed by atoms with Crippen LogP contribution < -0.4 is 4.90 Å². The van der Waals surface area contributed by atoms with E-state index in [1.165, 1.54) is 72.6 Å². The van der Waals surface area contributed by atoms with E-state index < -0.39 is 5.41 Å². The van der Waals surface area contributed by atoms with Crippen LogP contribution in [0.3, 0.4) is 0 Å². The molecule has 0 aromatic heterocycles. The predicted octanol–water partition coefficient (Wildman–Crippen LogP) is 13.7. The first kappa shape index (κ1) is 33.1. The second-order valence-electron chi connectivity index (χ2n) is 14.9. The maximum absolute atomic E-state index is 5.84. The van der Waals surface area contributed by atoms with Gasteiger partial charge in [0, 0.05) is 16.8 Å². The number of hydrogen-bond donors (Lipinski definition) is 0. The molecule has 0 radical (unpaired) electrons. The van der Waals surface area contributed by atoms with Crippen LogP contribution in [0.2, 0.25) is 0 Å². The van der Waals surface area contributed by atoms with E-state index in [4.69, 9.17) is 4.99 Å². The van der Waals surface area contributed by atoms with Gasteiger partial charge in [-0.15, -0.1) is 0 Å². The van der Waals surface area contributed by atoms with Crippen molar-refractivity contribution in [3.63, 3.8) is 0 Å². The van der Waals surface area contributed by atoms with Crippen molar-refractivity contribution in [1.29, 1.82) is 0 Å². The Kier molecular flexibility index (Phi) is 8.07. The van der Waals surface area contributed by atoms with Gasteiger partial charge in [0.05, 0.1) is 28.2 Å². The van der Waals surface area contributed by atoms with Gasteiger partial charge in [-0.2, -0.15) is 0 Å². The standard InChI is InChI=1S/C53H42N2/c1-3-40-41(37-20-7-4-8-21-37)35-34-36(2)51(38-22-9-5-10-23-38)54-52(40)43-27-19-31-47-50(43)42-26-13-14-28-44(42)53(47)45-29-15-17-32-48(45)55(39-24-11-6-12-25-39)49-33-18-16-30-46(49)53/h4-33H,3,34-35H2,1-2H3/b41-40+,51-36+,54-52+. The Morgan fingerprint density at radius 1 is 0.509 bits per heavy atom. The molecule has 0 amide bonds. The molecule has 0 N–H and O–H groups in total. The van der Waals surface area contributed by atoms with Gasteiger partial charge in [0.15, 0.2) is 0 Å². The minimum Gasteiger partial charge on any atom is -0.310 e. The minimum absolute atomic E-state index is 0.533. The maximum atomic E-state index is 5.84. The van der Waals surface area contributed by atoms with Crippen LogP contribution in [-0.4, -0.2) is 5.71 Å². The van der Waals surface area contributed by atoms with E-state index in [2.05, 4.69) is 201 Å². The summed E-state index contributed by atoms with van der Waals surface area (Å²) in [6.45, 7) is 4.58. The molecular weight excluding hydrogens is 665 g/mol. The fourth-order valence-electron chi connectivity index (χ4n) is 9.68. The average Bonchev–Trinajstić information content (AvgIpc) is 3.54. The fourth-order valence-corrected chi connectivity index (χ4v) is 9.68. The highest BCUT2D eigenvalue weighted by molar-refractivity contribution is 6.22. The molecule has 0 bridgehead atoms. The minimum atomic E-state index is -0.533. The van der Waals surface area contributed by atoms with Gasteiger partial charge in [-0.05, 0) is 106 Å². The van der Waals surface area contributed by atoms with E-state index in [-0.39, 0.29) is 0 Å². The van der Waals surface area contributed by atoms with Crippen molar-refractivity contribution in [2.75, 3.05) is 4.90 Å². The number of nitrogens with zero attached hydrogens (tertiary/aromatic N) is 2. The Balaban J connectivity index is 1.31. The Bertz CT molecular complexity index is 2630. The van der Waals surface area contributed by atoms with Crippen LogP contribution in [-0.2, 0) is 5.41 Å². The van der Waals surface area contributed by atoms with Crippen LogP contribution in [0.4, 0.5) is 17.1 Å². The number of anilines is 3.